The molecule has 3 aromatic rings. The zero-order valence-corrected chi connectivity index (χ0v) is 17.4. The number of aromatic nitrogens is 2. The third kappa shape index (κ3) is 3.56. The summed E-state index contributed by atoms with van der Waals surface area (Å²) in [6.07, 6.45) is 3.35. The molecule has 1 saturated carbocycles. The predicted molar refractivity (Wildman–Crippen MR) is 114 cm³/mol. The van der Waals surface area contributed by atoms with E-state index in [0.29, 0.717) is 17.0 Å². The van der Waals surface area contributed by atoms with Crippen LogP contribution >= 0.6 is 11.6 Å². The molecule has 0 bridgehead atoms. The highest BCUT2D eigenvalue weighted by atomic mass is 35.5. The van der Waals surface area contributed by atoms with Gasteiger partial charge in [-0.3, -0.25) is 10.1 Å². The number of rotatable bonds is 5. The van der Waals surface area contributed by atoms with Crippen molar-refractivity contribution in [2.45, 2.75) is 31.1 Å². The number of amides is 1. The van der Waals surface area contributed by atoms with Crippen LogP contribution in [0.3, 0.4) is 0 Å². The fraction of sp³-hybridized carbons (Fsp3) is 0.238. The molecule has 1 fully saturated rings. The number of allylic oxidation sites excluding steroid dienone is 1. The van der Waals surface area contributed by atoms with Crippen molar-refractivity contribution in [3.63, 3.8) is 0 Å². The lowest BCUT2D eigenvalue weighted by Gasteiger charge is -2.28. The van der Waals surface area contributed by atoms with E-state index in [2.05, 4.69) is 10.3 Å². The lowest BCUT2D eigenvalue weighted by atomic mass is 9.78. The van der Waals surface area contributed by atoms with E-state index in [4.69, 9.17) is 11.6 Å². The van der Waals surface area contributed by atoms with Crippen LogP contribution in [0.4, 0.5) is 5.95 Å². The van der Waals surface area contributed by atoms with Gasteiger partial charge in [0, 0.05) is 12.5 Å². The van der Waals surface area contributed by atoms with E-state index in [1.807, 2.05) is 12.1 Å². The first-order chi connectivity index (χ1) is 13.9. The van der Waals surface area contributed by atoms with E-state index in [1.165, 1.54) is 25.5 Å². The van der Waals surface area contributed by atoms with Gasteiger partial charge in [-0.2, -0.15) is 0 Å². The lowest BCUT2D eigenvalue weighted by Crippen LogP contribution is -2.18. The van der Waals surface area contributed by atoms with Crippen LogP contribution in [0.15, 0.2) is 59.0 Å². The zero-order valence-electron chi connectivity index (χ0n) is 15.8. The highest BCUT2D eigenvalue weighted by Crippen LogP contribution is 2.40. The Kier molecular flexibility index (Phi) is 5.19. The summed E-state index contributed by atoms with van der Waals surface area (Å²) >= 11 is 6.08. The molecule has 0 saturated heterocycles. The number of hydrogen-bond acceptors (Lipinski definition) is 4. The zero-order chi connectivity index (χ0) is 20.6. The molecule has 0 unspecified atom stereocenters. The van der Waals surface area contributed by atoms with Crippen molar-refractivity contribution in [2.75, 3.05) is 5.32 Å². The molecular formula is C21H20ClN3O3S. The largest absolute Gasteiger partial charge is 0.295 e. The average Bonchev–Trinajstić information content (AvgIpc) is 3.02. The number of halogens is 1. The van der Waals surface area contributed by atoms with Gasteiger partial charge in [-0.25, -0.2) is 17.4 Å². The van der Waals surface area contributed by atoms with E-state index in [-0.39, 0.29) is 10.8 Å². The summed E-state index contributed by atoms with van der Waals surface area (Å²) in [7, 11) is -3.95. The van der Waals surface area contributed by atoms with Crippen LogP contribution in [0.5, 0.6) is 0 Å². The first-order valence-corrected chi connectivity index (χ1v) is 11.2. The Labute approximate surface area is 174 Å². The number of nitrogens with one attached hydrogen (secondary N) is 1. The average molecular weight is 430 g/mol. The normalized spacial score (nSPS) is 15.3. The maximum Gasteiger partial charge on any atom is 0.271 e. The fourth-order valence-electron chi connectivity index (χ4n) is 3.52. The van der Waals surface area contributed by atoms with Crippen molar-refractivity contribution < 1.29 is 13.2 Å². The number of nitrogens with zero attached hydrogens (tertiary/aromatic N) is 2. The molecule has 1 aliphatic rings. The van der Waals surface area contributed by atoms with Crippen LogP contribution in [0.25, 0.3) is 16.6 Å². The van der Waals surface area contributed by atoms with Gasteiger partial charge in [0.15, 0.2) is 0 Å². The van der Waals surface area contributed by atoms with E-state index in [1.54, 1.807) is 29.8 Å². The van der Waals surface area contributed by atoms with Crippen LogP contribution in [-0.2, 0) is 14.8 Å². The molecule has 0 aliphatic heterocycles. The second-order valence-corrected chi connectivity index (χ2v) is 9.10. The van der Waals surface area contributed by atoms with Crippen LogP contribution in [0, 0.1) is 5.92 Å². The Morgan fingerprint density at radius 1 is 1.21 bits per heavy atom. The summed E-state index contributed by atoms with van der Waals surface area (Å²) in [6, 6.07) is 13.5. The van der Waals surface area contributed by atoms with E-state index < -0.39 is 15.9 Å². The van der Waals surface area contributed by atoms with Crippen LogP contribution < -0.4 is 5.32 Å². The maximum absolute atomic E-state index is 13.3. The van der Waals surface area contributed by atoms with Crippen molar-refractivity contribution in [2.24, 2.45) is 5.92 Å². The van der Waals surface area contributed by atoms with Gasteiger partial charge < -0.3 is 0 Å². The van der Waals surface area contributed by atoms with Crippen molar-refractivity contribution >= 4 is 50.1 Å². The number of anilines is 1. The van der Waals surface area contributed by atoms with Gasteiger partial charge in [-0.05, 0) is 54.2 Å². The minimum Gasteiger partial charge on any atom is -0.295 e. The molecule has 0 atom stereocenters. The van der Waals surface area contributed by atoms with Gasteiger partial charge in [0.1, 0.15) is 0 Å². The van der Waals surface area contributed by atoms with Crippen molar-refractivity contribution in [3.8, 4) is 0 Å². The Hall–Kier alpha value is -2.64. The molecule has 29 heavy (non-hydrogen) atoms. The Balaban J connectivity index is 1.90. The number of carbonyl (C=O) groups is 1. The smallest absolute Gasteiger partial charge is 0.271 e. The number of carbonyl (C=O) groups excluding carboxylic acids is 1. The summed E-state index contributed by atoms with van der Waals surface area (Å²) in [5.74, 6) is -0.0238. The topological polar surface area (TPSA) is 81.1 Å². The standard InChI is InChI=1S/C21H20ClN3O3S/c1-14(26)23-21-24-19-12-16(18(13-22)15-6-5-7-15)10-11-20(19)25(21)29(27,28)17-8-3-2-4-9-17/h2-4,8-13,15H,5-7H2,1H3,(H,23,24,26). The van der Waals surface area contributed by atoms with Gasteiger partial charge in [0.25, 0.3) is 10.0 Å². The van der Waals surface area contributed by atoms with Gasteiger partial charge in [-0.15, -0.1) is 0 Å². The molecule has 2 aromatic carbocycles. The molecular weight excluding hydrogens is 410 g/mol. The number of fused-ring (bicyclic) bond motifs is 1. The lowest BCUT2D eigenvalue weighted by molar-refractivity contribution is -0.114. The van der Waals surface area contributed by atoms with Crippen LogP contribution in [-0.4, -0.2) is 23.3 Å². The second-order valence-electron chi connectivity index (χ2n) is 7.09. The quantitative estimate of drug-likeness (QED) is 0.642. The number of hydrogen-bond donors (Lipinski definition) is 1. The van der Waals surface area contributed by atoms with Gasteiger partial charge in [0.2, 0.25) is 11.9 Å². The molecule has 150 valence electrons. The predicted octanol–water partition coefficient (Wildman–Crippen LogP) is 4.61. The highest BCUT2D eigenvalue weighted by molar-refractivity contribution is 7.90. The minimum atomic E-state index is -3.95. The monoisotopic (exact) mass is 429 g/mol. The van der Waals surface area contributed by atoms with Crippen molar-refractivity contribution in [1.29, 1.82) is 0 Å². The van der Waals surface area contributed by atoms with Gasteiger partial charge in [-0.1, -0.05) is 42.3 Å². The van der Waals surface area contributed by atoms with Crippen LogP contribution in [0.2, 0.25) is 0 Å². The number of imidazole rings is 1. The molecule has 1 amide bonds. The molecule has 4 rings (SSSR count). The summed E-state index contributed by atoms with van der Waals surface area (Å²) in [6.45, 7) is 1.31. The summed E-state index contributed by atoms with van der Waals surface area (Å²) < 4.78 is 27.7. The molecule has 0 radical (unpaired) electrons. The first-order valence-electron chi connectivity index (χ1n) is 9.33. The summed E-state index contributed by atoms with van der Waals surface area (Å²) in [5, 5.41) is 2.54. The molecule has 6 nitrogen and oxygen atoms in total. The van der Waals surface area contributed by atoms with E-state index >= 15 is 0 Å². The highest BCUT2D eigenvalue weighted by Gasteiger charge is 2.27. The van der Waals surface area contributed by atoms with Gasteiger partial charge in [0.05, 0.1) is 15.9 Å². The summed E-state index contributed by atoms with van der Waals surface area (Å²) in [5.41, 5.74) is 4.40. The molecule has 1 N–H and O–H groups in total. The Morgan fingerprint density at radius 3 is 2.52 bits per heavy atom. The molecule has 1 aromatic heterocycles. The van der Waals surface area contributed by atoms with Crippen molar-refractivity contribution in [1.82, 2.24) is 8.96 Å². The Bertz CT molecular complexity index is 1210. The third-order valence-corrected chi connectivity index (χ3v) is 7.13. The minimum absolute atomic E-state index is 0.0337. The molecule has 0 spiro atoms. The fourth-order valence-corrected chi connectivity index (χ4v) is 5.27. The second kappa shape index (κ2) is 7.65. The van der Waals surface area contributed by atoms with Gasteiger partial charge >= 0.3 is 0 Å². The number of benzene rings is 2. The molecule has 8 heteroatoms. The molecule has 1 heterocycles. The SMILES string of the molecule is CC(=O)Nc1nc2cc(C(=CCl)C3CCC3)ccc2n1S(=O)(=O)c1ccccc1. The Morgan fingerprint density at radius 2 is 1.93 bits per heavy atom. The van der Waals surface area contributed by atoms with E-state index in [9.17, 15) is 13.2 Å². The first kappa shape index (κ1) is 19.7. The summed E-state index contributed by atoms with van der Waals surface area (Å²) in [4.78, 5) is 16.2. The maximum atomic E-state index is 13.3. The van der Waals surface area contributed by atoms with E-state index in [0.717, 1.165) is 28.0 Å². The van der Waals surface area contributed by atoms with Crippen molar-refractivity contribution in [3.05, 3.63) is 59.6 Å². The third-order valence-electron chi connectivity index (χ3n) is 5.18. The molecule has 1 aliphatic carbocycles. The van der Waals surface area contributed by atoms with Crippen LogP contribution in [0.1, 0.15) is 31.7 Å².